The van der Waals surface area contributed by atoms with Crippen molar-refractivity contribution in [2.75, 3.05) is 13.2 Å². The van der Waals surface area contributed by atoms with Crippen molar-refractivity contribution in [3.05, 3.63) is 70.8 Å². The first-order valence-electron chi connectivity index (χ1n) is 7.75. The second-order valence-corrected chi connectivity index (χ2v) is 5.96. The molecular weight excluding hydrogens is 372 g/mol. The third-order valence-electron chi connectivity index (χ3n) is 3.43. The molecule has 4 nitrogen and oxygen atoms in total. The second kappa shape index (κ2) is 8.64. The van der Waals surface area contributed by atoms with E-state index in [-0.39, 0.29) is 16.8 Å². The minimum absolute atomic E-state index is 0.0370. The van der Waals surface area contributed by atoms with Crippen LogP contribution in [0, 0.1) is 0 Å². The first-order valence-corrected chi connectivity index (χ1v) is 8.66. The molecule has 0 amide bonds. The number of halogens is 1. The van der Waals surface area contributed by atoms with Crippen LogP contribution in [0.15, 0.2) is 48.5 Å². The van der Waals surface area contributed by atoms with Gasteiger partial charge in [0.15, 0.2) is 0 Å². The quantitative estimate of drug-likeness (QED) is 0.537. The van der Waals surface area contributed by atoms with Gasteiger partial charge in [0.25, 0.3) is 0 Å². The third kappa shape index (κ3) is 4.45. The average Bonchev–Trinajstić information content (AvgIpc) is 2.62. The Kier molecular flexibility index (Phi) is 6.55. The molecule has 0 aliphatic rings. The zero-order chi connectivity index (χ0) is 17.5. The van der Waals surface area contributed by atoms with Gasteiger partial charge in [0.2, 0.25) is 0 Å². The van der Waals surface area contributed by atoms with Crippen LogP contribution in [0.25, 0.3) is 0 Å². The van der Waals surface area contributed by atoms with Crippen LogP contribution in [0.3, 0.4) is 0 Å². The van der Waals surface area contributed by atoms with Gasteiger partial charge in [0.1, 0.15) is 0 Å². The van der Waals surface area contributed by atoms with Crippen molar-refractivity contribution in [2.45, 2.75) is 18.7 Å². The highest BCUT2D eigenvalue weighted by molar-refractivity contribution is 9.09. The van der Waals surface area contributed by atoms with Gasteiger partial charge in [0.05, 0.1) is 29.2 Å². The van der Waals surface area contributed by atoms with Crippen molar-refractivity contribution >= 4 is 27.9 Å². The van der Waals surface area contributed by atoms with Crippen LogP contribution in [-0.2, 0) is 9.47 Å². The molecule has 0 bridgehead atoms. The Balaban J connectivity index is 2.12. The predicted octanol–water partition coefficient (Wildman–Crippen LogP) is 4.52. The summed E-state index contributed by atoms with van der Waals surface area (Å²) in [6.07, 6.45) is 0. The van der Waals surface area contributed by atoms with Crippen LogP contribution in [-0.4, -0.2) is 25.2 Å². The molecular formula is C19H19BrO4. The van der Waals surface area contributed by atoms with Crippen molar-refractivity contribution in [3.8, 4) is 0 Å². The standard InChI is InChI=1S/C19H19BrO4/c1-3-23-18(21)15-9-5-13(6-10-15)17(20)14-7-11-16(12-8-14)19(22)24-4-2/h5-12,17H,3-4H2,1-2H3. The van der Waals surface area contributed by atoms with E-state index in [1.807, 2.05) is 24.3 Å². The molecule has 0 unspecified atom stereocenters. The van der Waals surface area contributed by atoms with Gasteiger partial charge in [-0.15, -0.1) is 0 Å². The number of carbonyl (C=O) groups excluding carboxylic acids is 2. The van der Waals surface area contributed by atoms with Gasteiger partial charge in [-0.25, -0.2) is 9.59 Å². The highest BCUT2D eigenvalue weighted by Gasteiger charge is 2.13. The van der Waals surface area contributed by atoms with Crippen LogP contribution in [0.4, 0.5) is 0 Å². The Bertz CT molecular complexity index is 631. The maximum Gasteiger partial charge on any atom is 0.338 e. The lowest BCUT2D eigenvalue weighted by atomic mass is 10.0. The number of hydrogen-bond acceptors (Lipinski definition) is 4. The number of carbonyl (C=O) groups is 2. The molecule has 0 fully saturated rings. The molecule has 0 spiro atoms. The van der Waals surface area contributed by atoms with E-state index in [1.165, 1.54) is 0 Å². The number of ether oxygens (including phenoxy) is 2. The maximum absolute atomic E-state index is 11.7. The van der Waals surface area contributed by atoms with Crippen LogP contribution in [0.5, 0.6) is 0 Å². The minimum Gasteiger partial charge on any atom is -0.462 e. The smallest absolute Gasteiger partial charge is 0.338 e. The Morgan fingerprint density at radius 2 is 1.12 bits per heavy atom. The molecule has 0 aliphatic heterocycles. The first kappa shape index (κ1) is 18.2. The second-order valence-electron chi connectivity index (χ2n) is 5.05. The summed E-state index contributed by atoms with van der Waals surface area (Å²) in [5.41, 5.74) is 3.06. The fourth-order valence-corrected chi connectivity index (χ4v) is 2.81. The lowest BCUT2D eigenvalue weighted by Gasteiger charge is -2.12. The maximum atomic E-state index is 11.7. The van der Waals surface area contributed by atoms with E-state index in [2.05, 4.69) is 15.9 Å². The average molecular weight is 391 g/mol. The van der Waals surface area contributed by atoms with Crippen LogP contribution < -0.4 is 0 Å². The lowest BCUT2D eigenvalue weighted by Crippen LogP contribution is -2.05. The van der Waals surface area contributed by atoms with Crippen LogP contribution in [0.2, 0.25) is 0 Å². The summed E-state index contributed by atoms with van der Waals surface area (Å²) in [5.74, 6) is -0.650. The summed E-state index contributed by atoms with van der Waals surface area (Å²) in [5, 5.41) is 0. The van der Waals surface area contributed by atoms with Gasteiger partial charge < -0.3 is 9.47 Å². The molecule has 0 heterocycles. The fraction of sp³-hybridized carbons (Fsp3) is 0.263. The van der Waals surface area contributed by atoms with Gasteiger partial charge >= 0.3 is 11.9 Å². The number of rotatable bonds is 6. The highest BCUT2D eigenvalue weighted by Crippen LogP contribution is 2.31. The molecule has 24 heavy (non-hydrogen) atoms. The summed E-state index contributed by atoms with van der Waals surface area (Å²) in [7, 11) is 0. The summed E-state index contributed by atoms with van der Waals surface area (Å²) < 4.78 is 9.95. The first-order chi connectivity index (χ1) is 11.6. The van der Waals surface area contributed by atoms with Gasteiger partial charge in [0, 0.05) is 0 Å². The zero-order valence-corrected chi connectivity index (χ0v) is 15.2. The van der Waals surface area contributed by atoms with E-state index in [0.29, 0.717) is 24.3 Å². The molecule has 2 aromatic carbocycles. The molecule has 0 saturated carbocycles. The van der Waals surface area contributed by atoms with E-state index >= 15 is 0 Å². The van der Waals surface area contributed by atoms with Gasteiger partial charge in [-0.1, -0.05) is 40.2 Å². The lowest BCUT2D eigenvalue weighted by molar-refractivity contribution is 0.0517. The van der Waals surface area contributed by atoms with E-state index in [9.17, 15) is 9.59 Å². The number of benzene rings is 2. The summed E-state index contributed by atoms with van der Waals surface area (Å²) >= 11 is 3.65. The van der Waals surface area contributed by atoms with E-state index < -0.39 is 0 Å². The largest absolute Gasteiger partial charge is 0.462 e. The monoisotopic (exact) mass is 390 g/mol. The molecule has 2 aromatic rings. The molecule has 126 valence electrons. The van der Waals surface area contributed by atoms with Gasteiger partial charge in [-0.05, 0) is 49.2 Å². The molecule has 0 radical (unpaired) electrons. The van der Waals surface area contributed by atoms with Crippen LogP contribution >= 0.6 is 15.9 Å². The summed E-state index contributed by atoms with van der Waals surface area (Å²) in [6, 6.07) is 14.5. The van der Waals surface area contributed by atoms with E-state index in [4.69, 9.17) is 9.47 Å². The molecule has 0 aliphatic carbocycles. The Hall–Kier alpha value is -2.14. The van der Waals surface area contributed by atoms with E-state index in [0.717, 1.165) is 11.1 Å². The molecule has 2 rings (SSSR count). The molecule has 0 N–H and O–H groups in total. The Morgan fingerprint density at radius 3 is 1.42 bits per heavy atom. The highest BCUT2D eigenvalue weighted by atomic mass is 79.9. The normalized spacial score (nSPS) is 10.5. The fourth-order valence-electron chi connectivity index (χ4n) is 2.20. The third-order valence-corrected chi connectivity index (χ3v) is 4.49. The van der Waals surface area contributed by atoms with Gasteiger partial charge in [-0.2, -0.15) is 0 Å². The van der Waals surface area contributed by atoms with Crippen molar-refractivity contribution in [3.63, 3.8) is 0 Å². The SMILES string of the molecule is CCOC(=O)c1ccc(C(Br)c2ccc(C(=O)OCC)cc2)cc1. The van der Waals surface area contributed by atoms with Crippen LogP contribution in [0.1, 0.15) is 50.5 Å². The minimum atomic E-state index is -0.325. The molecule has 0 saturated heterocycles. The van der Waals surface area contributed by atoms with Crippen molar-refractivity contribution < 1.29 is 19.1 Å². The molecule has 0 atom stereocenters. The van der Waals surface area contributed by atoms with Crippen molar-refractivity contribution in [2.24, 2.45) is 0 Å². The molecule has 0 aromatic heterocycles. The summed E-state index contributed by atoms with van der Waals surface area (Å²) in [6.45, 7) is 4.27. The predicted molar refractivity (Wildman–Crippen MR) is 95.6 cm³/mol. The van der Waals surface area contributed by atoms with E-state index in [1.54, 1.807) is 38.1 Å². The Morgan fingerprint density at radius 1 is 0.792 bits per heavy atom. The van der Waals surface area contributed by atoms with Crippen molar-refractivity contribution in [1.29, 1.82) is 0 Å². The van der Waals surface area contributed by atoms with Crippen molar-refractivity contribution in [1.82, 2.24) is 0 Å². The molecule has 5 heteroatoms. The van der Waals surface area contributed by atoms with Gasteiger partial charge in [-0.3, -0.25) is 0 Å². The topological polar surface area (TPSA) is 52.6 Å². The zero-order valence-electron chi connectivity index (χ0n) is 13.6. The number of esters is 2. The Labute approximate surface area is 149 Å². The number of alkyl halides is 1. The summed E-state index contributed by atoms with van der Waals surface area (Å²) in [4.78, 5) is 23.3. The number of hydrogen-bond donors (Lipinski definition) is 0.